The van der Waals surface area contributed by atoms with Crippen molar-refractivity contribution in [1.29, 1.82) is 0 Å². The fraction of sp³-hybridized carbons (Fsp3) is 0.500. The number of pyridine rings is 1. The average Bonchev–Trinajstić information content (AvgIpc) is 2.16. The summed E-state index contributed by atoms with van der Waals surface area (Å²) in [6, 6.07) is 2.01. The van der Waals surface area contributed by atoms with Crippen LogP contribution in [0.25, 0.3) is 0 Å². The van der Waals surface area contributed by atoms with Gasteiger partial charge in [0.25, 0.3) is 0 Å². The van der Waals surface area contributed by atoms with Gasteiger partial charge in [0.15, 0.2) is 0 Å². The summed E-state index contributed by atoms with van der Waals surface area (Å²) in [6.07, 6.45) is 5.27. The van der Waals surface area contributed by atoms with Gasteiger partial charge in [-0.25, -0.2) is 4.98 Å². The molecule has 0 saturated heterocycles. The van der Waals surface area contributed by atoms with Crippen LogP contribution in [0.5, 0.6) is 0 Å². The minimum absolute atomic E-state index is 0.0492. The van der Waals surface area contributed by atoms with Gasteiger partial charge in [0.2, 0.25) is 0 Å². The molecule has 0 fully saturated rings. The van der Waals surface area contributed by atoms with E-state index >= 15 is 0 Å². The van der Waals surface area contributed by atoms with Crippen molar-refractivity contribution in [2.45, 2.75) is 32.8 Å². The van der Waals surface area contributed by atoms with Gasteiger partial charge in [-0.2, -0.15) is 0 Å². The van der Waals surface area contributed by atoms with Crippen LogP contribution >= 0.6 is 15.9 Å². The number of aromatic nitrogens is 1. The van der Waals surface area contributed by atoms with Crippen LogP contribution in [-0.2, 0) is 13.0 Å². The molecule has 3 heteroatoms. The summed E-state index contributed by atoms with van der Waals surface area (Å²) in [5, 5.41) is 9.00. The van der Waals surface area contributed by atoms with E-state index in [1.54, 1.807) is 0 Å². The van der Waals surface area contributed by atoms with E-state index in [9.17, 15) is 0 Å². The van der Waals surface area contributed by atoms with Crippen molar-refractivity contribution < 1.29 is 5.11 Å². The fourth-order valence-corrected chi connectivity index (χ4v) is 1.51. The van der Waals surface area contributed by atoms with E-state index < -0.39 is 0 Å². The van der Waals surface area contributed by atoms with E-state index in [1.165, 1.54) is 18.4 Å². The summed E-state index contributed by atoms with van der Waals surface area (Å²) >= 11 is 3.29. The lowest BCUT2D eigenvalue weighted by Gasteiger charge is -2.03. The molecule has 1 N–H and O–H groups in total. The van der Waals surface area contributed by atoms with Crippen molar-refractivity contribution >= 4 is 15.9 Å². The molecule has 72 valence electrons. The van der Waals surface area contributed by atoms with Crippen molar-refractivity contribution in [3.05, 3.63) is 28.0 Å². The molecule has 1 heterocycles. The maximum atomic E-state index is 9.00. The topological polar surface area (TPSA) is 33.1 Å². The molecule has 1 aromatic heterocycles. The van der Waals surface area contributed by atoms with Crippen molar-refractivity contribution in [2.24, 2.45) is 0 Å². The van der Waals surface area contributed by atoms with Crippen LogP contribution < -0.4 is 0 Å². The molecule has 2 nitrogen and oxygen atoms in total. The number of aliphatic hydroxyl groups excluding tert-OH is 1. The maximum Gasteiger partial charge on any atom is 0.111 e. The molecule has 0 atom stereocenters. The predicted molar refractivity (Wildman–Crippen MR) is 56.5 cm³/mol. The van der Waals surface area contributed by atoms with E-state index in [-0.39, 0.29) is 6.61 Å². The molecule has 0 aliphatic rings. The number of rotatable bonds is 4. The van der Waals surface area contributed by atoms with E-state index in [0.29, 0.717) is 0 Å². The normalized spacial score (nSPS) is 10.4. The molecule has 0 radical (unpaired) electrons. The zero-order valence-corrected chi connectivity index (χ0v) is 9.34. The molecule has 0 spiro atoms. The zero-order chi connectivity index (χ0) is 9.68. The van der Waals surface area contributed by atoms with E-state index in [1.807, 2.05) is 12.3 Å². The second-order valence-corrected chi connectivity index (χ2v) is 3.81. The summed E-state index contributed by atoms with van der Waals surface area (Å²) in [5.74, 6) is 0. The third kappa shape index (κ3) is 3.08. The molecule has 0 saturated carbocycles. The Hall–Kier alpha value is -0.410. The summed E-state index contributed by atoms with van der Waals surface area (Å²) in [7, 11) is 0. The standard InChI is InChI=1S/C10H14BrNO/c1-2-3-4-8-5-9(7-13)10(11)12-6-8/h5-6,13H,2-4,7H2,1H3. The first-order chi connectivity index (χ1) is 6.27. The Morgan fingerprint density at radius 2 is 2.31 bits per heavy atom. The van der Waals surface area contributed by atoms with Crippen LogP contribution in [0.3, 0.4) is 0 Å². The first-order valence-electron chi connectivity index (χ1n) is 4.52. The van der Waals surface area contributed by atoms with Gasteiger partial charge in [0, 0.05) is 11.8 Å². The molecule has 0 aliphatic carbocycles. The Morgan fingerprint density at radius 3 is 2.92 bits per heavy atom. The SMILES string of the molecule is CCCCc1cnc(Br)c(CO)c1. The van der Waals surface area contributed by atoms with Crippen LogP contribution in [0.1, 0.15) is 30.9 Å². The fourth-order valence-electron chi connectivity index (χ4n) is 1.17. The van der Waals surface area contributed by atoms with E-state index in [0.717, 1.165) is 16.6 Å². The summed E-state index contributed by atoms with van der Waals surface area (Å²) < 4.78 is 0.746. The smallest absolute Gasteiger partial charge is 0.111 e. The second-order valence-electron chi connectivity index (χ2n) is 3.06. The highest BCUT2D eigenvalue weighted by Gasteiger charge is 2.01. The van der Waals surface area contributed by atoms with Gasteiger partial charge in [0.05, 0.1) is 6.61 Å². The Morgan fingerprint density at radius 1 is 1.54 bits per heavy atom. The minimum atomic E-state index is 0.0492. The third-order valence-electron chi connectivity index (χ3n) is 1.96. The van der Waals surface area contributed by atoms with Crippen molar-refractivity contribution in [3.63, 3.8) is 0 Å². The number of nitrogens with zero attached hydrogens (tertiary/aromatic N) is 1. The molecular formula is C10H14BrNO. The molecule has 0 amide bonds. The molecule has 0 aliphatic heterocycles. The van der Waals surface area contributed by atoms with Gasteiger partial charge < -0.3 is 5.11 Å². The average molecular weight is 244 g/mol. The first kappa shape index (κ1) is 10.7. The third-order valence-corrected chi connectivity index (χ3v) is 2.67. The monoisotopic (exact) mass is 243 g/mol. The molecule has 1 rings (SSSR count). The largest absolute Gasteiger partial charge is 0.392 e. The first-order valence-corrected chi connectivity index (χ1v) is 5.31. The number of hydrogen-bond donors (Lipinski definition) is 1. The zero-order valence-electron chi connectivity index (χ0n) is 7.76. The Labute approximate surface area is 87.1 Å². The van der Waals surface area contributed by atoms with Gasteiger partial charge in [-0.05, 0) is 40.4 Å². The Balaban J connectivity index is 2.74. The molecule has 0 aromatic carbocycles. The highest BCUT2D eigenvalue weighted by Crippen LogP contribution is 2.16. The number of unbranched alkanes of at least 4 members (excludes halogenated alkanes) is 1. The van der Waals surface area contributed by atoms with Crippen LogP contribution in [0, 0.1) is 0 Å². The van der Waals surface area contributed by atoms with Crippen molar-refractivity contribution in [1.82, 2.24) is 4.98 Å². The van der Waals surface area contributed by atoms with Crippen LogP contribution in [0.15, 0.2) is 16.9 Å². The number of halogens is 1. The molecule has 0 unspecified atom stereocenters. The highest BCUT2D eigenvalue weighted by molar-refractivity contribution is 9.10. The molecule has 0 bridgehead atoms. The molecule has 1 aromatic rings. The minimum Gasteiger partial charge on any atom is -0.392 e. The van der Waals surface area contributed by atoms with Crippen LogP contribution in [0.4, 0.5) is 0 Å². The van der Waals surface area contributed by atoms with Crippen molar-refractivity contribution in [3.8, 4) is 0 Å². The van der Waals surface area contributed by atoms with Gasteiger partial charge in [-0.1, -0.05) is 13.3 Å². The van der Waals surface area contributed by atoms with Crippen LogP contribution in [-0.4, -0.2) is 10.1 Å². The van der Waals surface area contributed by atoms with Crippen molar-refractivity contribution in [2.75, 3.05) is 0 Å². The maximum absolute atomic E-state index is 9.00. The molecular weight excluding hydrogens is 230 g/mol. The summed E-state index contributed by atoms with van der Waals surface area (Å²) in [4.78, 5) is 4.16. The van der Waals surface area contributed by atoms with Gasteiger partial charge in [0.1, 0.15) is 4.60 Å². The lowest BCUT2D eigenvalue weighted by molar-refractivity contribution is 0.280. The predicted octanol–water partition coefficient (Wildman–Crippen LogP) is 2.68. The lowest BCUT2D eigenvalue weighted by atomic mass is 10.1. The van der Waals surface area contributed by atoms with Gasteiger partial charge in [-0.3, -0.25) is 0 Å². The van der Waals surface area contributed by atoms with E-state index in [2.05, 4.69) is 27.8 Å². The quantitative estimate of drug-likeness (QED) is 0.826. The van der Waals surface area contributed by atoms with Gasteiger partial charge in [-0.15, -0.1) is 0 Å². The highest BCUT2D eigenvalue weighted by atomic mass is 79.9. The number of aryl methyl sites for hydroxylation is 1. The molecule has 13 heavy (non-hydrogen) atoms. The summed E-state index contributed by atoms with van der Waals surface area (Å²) in [5.41, 5.74) is 2.07. The van der Waals surface area contributed by atoms with Gasteiger partial charge >= 0.3 is 0 Å². The Bertz CT molecular complexity index is 276. The van der Waals surface area contributed by atoms with Crippen LogP contribution in [0.2, 0.25) is 0 Å². The second kappa shape index (κ2) is 5.35. The summed E-state index contributed by atoms with van der Waals surface area (Å²) in [6.45, 7) is 2.22. The Kier molecular flexibility index (Phi) is 4.39. The number of hydrogen-bond acceptors (Lipinski definition) is 2. The van der Waals surface area contributed by atoms with E-state index in [4.69, 9.17) is 5.11 Å². The number of aliphatic hydroxyl groups is 1. The lowest BCUT2D eigenvalue weighted by Crippen LogP contribution is -1.93.